The minimum atomic E-state index is -0.532. The predicted octanol–water partition coefficient (Wildman–Crippen LogP) is 2.25. The second kappa shape index (κ2) is 7.40. The number of nitrogens with one attached hydrogen (secondary N) is 1. The smallest absolute Gasteiger partial charge is 0.253 e. The van der Waals surface area contributed by atoms with Gasteiger partial charge in [-0.25, -0.2) is 0 Å². The average Bonchev–Trinajstić information content (AvgIpc) is 2.48. The Morgan fingerprint density at radius 3 is 2.90 bits per heavy atom. The fourth-order valence-corrected chi connectivity index (χ4v) is 1.82. The Balaban J connectivity index is 1.77. The molecule has 0 aliphatic rings. The van der Waals surface area contributed by atoms with E-state index >= 15 is 0 Å². The summed E-state index contributed by atoms with van der Waals surface area (Å²) in [5.74, 6) is -0.193. The molecule has 3 N–H and O–H groups in total. The first-order valence-electron chi connectivity index (χ1n) is 6.83. The summed E-state index contributed by atoms with van der Waals surface area (Å²) in [5, 5.41) is 2.77. The van der Waals surface area contributed by atoms with Gasteiger partial charge >= 0.3 is 0 Å². The molecule has 0 radical (unpaired) electrons. The van der Waals surface area contributed by atoms with E-state index in [1.165, 1.54) is 0 Å². The molecule has 2 rings (SSSR count). The molecule has 5 heteroatoms. The first-order chi connectivity index (χ1) is 10.1. The van der Waals surface area contributed by atoms with Crippen LogP contribution in [0.5, 0.6) is 0 Å². The average molecular weight is 285 g/mol. The van der Waals surface area contributed by atoms with E-state index in [2.05, 4.69) is 10.3 Å². The van der Waals surface area contributed by atoms with E-state index < -0.39 is 6.10 Å². The molecule has 0 aliphatic carbocycles. The van der Waals surface area contributed by atoms with E-state index in [0.29, 0.717) is 24.4 Å². The van der Waals surface area contributed by atoms with Crippen molar-refractivity contribution in [2.24, 2.45) is 0 Å². The van der Waals surface area contributed by atoms with Gasteiger partial charge in [-0.1, -0.05) is 12.1 Å². The van der Waals surface area contributed by atoms with Crippen LogP contribution in [0.4, 0.5) is 11.4 Å². The highest BCUT2D eigenvalue weighted by atomic mass is 16.5. The first-order valence-corrected chi connectivity index (χ1v) is 6.83. The van der Waals surface area contributed by atoms with Crippen LogP contribution in [-0.2, 0) is 16.0 Å². The van der Waals surface area contributed by atoms with Gasteiger partial charge in [0.25, 0.3) is 5.91 Å². The SMILES string of the molecule is CC(OCCc1ccccn1)C(=O)Nc1cccc(N)c1. The Hall–Kier alpha value is -2.40. The molecule has 0 fully saturated rings. The Morgan fingerprint density at radius 1 is 1.33 bits per heavy atom. The van der Waals surface area contributed by atoms with Gasteiger partial charge in [-0.15, -0.1) is 0 Å². The lowest BCUT2D eigenvalue weighted by Crippen LogP contribution is -2.28. The maximum Gasteiger partial charge on any atom is 0.253 e. The number of nitrogens with two attached hydrogens (primary N) is 1. The third-order valence-corrected chi connectivity index (χ3v) is 2.98. The van der Waals surface area contributed by atoms with Gasteiger partial charge in [0.15, 0.2) is 0 Å². The van der Waals surface area contributed by atoms with E-state index in [4.69, 9.17) is 10.5 Å². The molecule has 5 nitrogen and oxygen atoms in total. The van der Waals surface area contributed by atoms with Crippen LogP contribution >= 0.6 is 0 Å². The maximum atomic E-state index is 12.0. The standard InChI is InChI=1S/C16H19N3O2/c1-12(21-10-8-14-6-2-3-9-18-14)16(20)19-15-7-4-5-13(17)11-15/h2-7,9,11-12H,8,10,17H2,1H3,(H,19,20). The van der Waals surface area contributed by atoms with Crippen molar-refractivity contribution >= 4 is 17.3 Å². The van der Waals surface area contributed by atoms with Crippen molar-refractivity contribution in [1.82, 2.24) is 4.98 Å². The number of hydrogen-bond donors (Lipinski definition) is 2. The zero-order valence-electron chi connectivity index (χ0n) is 12.0. The van der Waals surface area contributed by atoms with Crippen LogP contribution < -0.4 is 11.1 Å². The van der Waals surface area contributed by atoms with Crippen LogP contribution in [-0.4, -0.2) is 23.6 Å². The lowest BCUT2D eigenvalue weighted by molar-refractivity contribution is -0.126. The second-order valence-corrected chi connectivity index (χ2v) is 4.70. The number of hydrogen-bond acceptors (Lipinski definition) is 4. The number of pyridine rings is 1. The van der Waals surface area contributed by atoms with Crippen LogP contribution in [0.2, 0.25) is 0 Å². The van der Waals surface area contributed by atoms with Crippen molar-refractivity contribution in [2.45, 2.75) is 19.4 Å². The van der Waals surface area contributed by atoms with Crippen LogP contribution in [0.3, 0.4) is 0 Å². The summed E-state index contributed by atoms with van der Waals surface area (Å²) < 4.78 is 5.53. The summed E-state index contributed by atoms with van der Waals surface area (Å²) >= 11 is 0. The van der Waals surface area contributed by atoms with Gasteiger partial charge in [0, 0.05) is 29.7 Å². The number of carbonyl (C=O) groups is 1. The molecule has 2 aromatic rings. The molecule has 0 spiro atoms. The maximum absolute atomic E-state index is 12.0. The van der Waals surface area contributed by atoms with Gasteiger partial charge < -0.3 is 15.8 Å². The van der Waals surface area contributed by atoms with Gasteiger partial charge in [0.1, 0.15) is 6.10 Å². The van der Waals surface area contributed by atoms with Crippen LogP contribution in [0.25, 0.3) is 0 Å². The van der Waals surface area contributed by atoms with Crippen molar-refractivity contribution in [3.05, 3.63) is 54.4 Å². The monoisotopic (exact) mass is 285 g/mol. The molecule has 1 aromatic heterocycles. The van der Waals surface area contributed by atoms with E-state index in [1.807, 2.05) is 18.2 Å². The summed E-state index contributed by atoms with van der Waals surface area (Å²) in [6.07, 6.45) is 1.89. The van der Waals surface area contributed by atoms with Crippen LogP contribution in [0.1, 0.15) is 12.6 Å². The Morgan fingerprint density at radius 2 is 2.19 bits per heavy atom. The van der Waals surface area contributed by atoms with Gasteiger partial charge in [0.05, 0.1) is 6.61 Å². The number of nitrogens with zero attached hydrogens (tertiary/aromatic N) is 1. The summed E-state index contributed by atoms with van der Waals surface area (Å²) in [7, 11) is 0. The van der Waals surface area contributed by atoms with Crippen molar-refractivity contribution < 1.29 is 9.53 Å². The van der Waals surface area contributed by atoms with E-state index in [1.54, 1.807) is 37.4 Å². The molecule has 0 saturated carbocycles. The highest BCUT2D eigenvalue weighted by Crippen LogP contribution is 2.12. The molecular weight excluding hydrogens is 266 g/mol. The van der Waals surface area contributed by atoms with E-state index in [-0.39, 0.29) is 5.91 Å². The van der Waals surface area contributed by atoms with Crippen molar-refractivity contribution in [1.29, 1.82) is 0 Å². The molecule has 1 unspecified atom stereocenters. The molecule has 1 heterocycles. The third-order valence-electron chi connectivity index (χ3n) is 2.98. The predicted molar refractivity (Wildman–Crippen MR) is 82.8 cm³/mol. The van der Waals surface area contributed by atoms with E-state index in [9.17, 15) is 4.79 Å². The van der Waals surface area contributed by atoms with Gasteiger partial charge in [-0.3, -0.25) is 9.78 Å². The number of ether oxygens (including phenoxy) is 1. The third kappa shape index (κ3) is 4.89. The number of benzene rings is 1. The summed E-state index contributed by atoms with van der Waals surface area (Å²) in [5.41, 5.74) is 7.89. The minimum Gasteiger partial charge on any atom is -0.399 e. The Labute approximate surface area is 124 Å². The molecule has 0 aliphatic heterocycles. The number of aromatic nitrogens is 1. The zero-order chi connectivity index (χ0) is 15.1. The molecule has 1 atom stereocenters. The summed E-state index contributed by atoms with van der Waals surface area (Å²) in [6.45, 7) is 2.17. The van der Waals surface area contributed by atoms with Gasteiger partial charge in [-0.2, -0.15) is 0 Å². The number of amides is 1. The number of nitrogen functional groups attached to an aromatic ring is 1. The number of carbonyl (C=O) groups excluding carboxylic acids is 1. The number of anilines is 2. The van der Waals surface area contributed by atoms with Crippen molar-refractivity contribution in [3.63, 3.8) is 0 Å². The highest BCUT2D eigenvalue weighted by molar-refractivity contribution is 5.94. The summed E-state index contributed by atoms with van der Waals surface area (Å²) in [4.78, 5) is 16.2. The topological polar surface area (TPSA) is 77.2 Å². The lowest BCUT2D eigenvalue weighted by atomic mass is 10.2. The normalized spacial score (nSPS) is 11.9. The van der Waals surface area contributed by atoms with Gasteiger partial charge in [-0.05, 0) is 37.3 Å². The minimum absolute atomic E-state index is 0.193. The molecule has 1 amide bonds. The lowest BCUT2D eigenvalue weighted by Gasteiger charge is -2.13. The van der Waals surface area contributed by atoms with Gasteiger partial charge in [0.2, 0.25) is 0 Å². The molecule has 21 heavy (non-hydrogen) atoms. The first kappa shape index (κ1) is 15.0. The molecule has 1 aromatic carbocycles. The molecule has 110 valence electrons. The molecular formula is C16H19N3O2. The van der Waals surface area contributed by atoms with Crippen molar-refractivity contribution in [2.75, 3.05) is 17.7 Å². The van der Waals surface area contributed by atoms with Crippen LogP contribution in [0, 0.1) is 0 Å². The number of rotatable bonds is 6. The molecule has 0 bridgehead atoms. The summed E-state index contributed by atoms with van der Waals surface area (Å²) in [6, 6.07) is 12.8. The molecule has 0 saturated heterocycles. The Kier molecular flexibility index (Phi) is 5.29. The fraction of sp³-hybridized carbons (Fsp3) is 0.250. The van der Waals surface area contributed by atoms with E-state index in [0.717, 1.165) is 5.69 Å². The largest absolute Gasteiger partial charge is 0.399 e. The quantitative estimate of drug-likeness (QED) is 0.798. The zero-order valence-corrected chi connectivity index (χ0v) is 12.0. The fourth-order valence-electron chi connectivity index (χ4n) is 1.82. The van der Waals surface area contributed by atoms with Crippen molar-refractivity contribution in [3.8, 4) is 0 Å². The highest BCUT2D eigenvalue weighted by Gasteiger charge is 2.13. The second-order valence-electron chi connectivity index (χ2n) is 4.70. The van der Waals surface area contributed by atoms with Crippen LogP contribution in [0.15, 0.2) is 48.7 Å². The Bertz CT molecular complexity index is 587.